The standard InChI is InChI=1S/C13H24N2O3/c1-9-4-14-5-11(9)12(17)15-6-10(7-16)18-13(2,3)8-15/h9-11,14,16H,4-8H2,1-3H3/t9-,10?,11-/m1/s1. The summed E-state index contributed by atoms with van der Waals surface area (Å²) in [4.78, 5) is 14.4. The Morgan fingerprint density at radius 2 is 2.22 bits per heavy atom. The topological polar surface area (TPSA) is 61.8 Å². The van der Waals surface area contributed by atoms with Gasteiger partial charge in [-0.05, 0) is 26.3 Å². The van der Waals surface area contributed by atoms with Gasteiger partial charge < -0.3 is 20.1 Å². The van der Waals surface area contributed by atoms with Crippen molar-refractivity contribution < 1.29 is 14.6 Å². The molecule has 0 aromatic heterocycles. The second-order valence-corrected chi connectivity index (χ2v) is 6.14. The van der Waals surface area contributed by atoms with Gasteiger partial charge in [0.05, 0.1) is 24.2 Å². The van der Waals surface area contributed by atoms with Crippen molar-refractivity contribution in [2.24, 2.45) is 11.8 Å². The zero-order chi connectivity index (χ0) is 13.3. The smallest absolute Gasteiger partial charge is 0.227 e. The molecule has 0 aromatic rings. The number of amides is 1. The van der Waals surface area contributed by atoms with Gasteiger partial charge in [0.1, 0.15) is 0 Å². The highest BCUT2D eigenvalue weighted by Crippen LogP contribution is 2.25. The first kappa shape index (κ1) is 13.8. The van der Waals surface area contributed by atoms with Crippen molar-refractivity contribution in [3.8, 4) is 0 Å². The van der Waals surface area contributed by atoms with Crippen molar-refractivity contribution in [1.29, 1.82) is 0 Å². The molecule has 1 amide bonds. The monoisotopic (exact) mass is 256 g/mol. The molecule has 2 N–H and O–H groups in total. The minimum atomic E-state index is -0.378. The molecule has 1 unspecified atom stereocenters. The number of aliphatic hydroxyl groups is 1. The number of hydrogen-bond acceptors (Lipinski definition) is 4. The fourth-order valence-corrected chi connectivity index (χ4v) is 2.93. The van der Waals surface area contributed by atoms with E-state index in [-0.39, 0.29) is 30.1 Å². The normalized spacial score (nSPS) is 35.8. The molecule has 18 heavy (non-hydrogen) atoms. The van der Waals surface area contributed by atoms with Crippen LogP contribution in [0.4, 0.5) is 0 Å². The molecule has 2 saturated heterocycles. The molecule has 2 fully saturated rings. The van der Waals surface area contributed by atoms with Crippen LogP contribution in [0.5, 0.6) is 0 Å². The molecule has 5 heteroatoms. The molecule has 0 radical (unpaired) electrons. The van der Waals surface area contributed by atoms with Crippen molar-refractivity contribution in [3.63, 3.8) is 0 Å². The molecular formula is C13H24N2O3. The summed E-state index contributed by atoms with van der Waals surface area (Å²) in [5.41, 5.74) is -0.378. The van der Waals surface area contributed by atoms with Gasteiger partial charge in [-0.25, -0.2) is 0 Å². The predicted molar refractivity (Wildman–Crippen MR) is 68.1 cm³/mol. The van der Waals surface area contributed by atoms with Gasteiger partial charge in [0.2, 0.25) is 5.91 Å². The van der Waals surface area contributed by atoms with E-state index in [1.807, 2.05) is 18.7 Å². The molecule has 0 spiro atoms. The first-order valence-electron chi connectivity index (χ1n) is 6.71. The first-order valence-corrected chi connectivity index (χ1v) is 6.71. The summed E-state index contributed by atoms with van der Waals surface area (Å²) in [7, 11) is 0. The van der Waals surface area contributed by atoms with E-state index in [4.69, 9.17) is 4.74 Å². The van der Waals surface area contributed by atoms with Crippen molar-refractivity contribution in [2.75, 3.05) is 32.8 Å². The lowest BCUT2D eigenvalue weighted by molar-refractivity contribution is -0.170. The average Bonchev–Trinajstić information content (AvgIpc) is 2.72. The minimum Gasteiger partial charge on any atom is -0.394 e. The van der Waals surface area contributed by atoms with E-state index < -0.39 is 0 Å². The average molecular weight is 256 g/mol. The SMILES string of the molecule is C[C@@H]1CNC[C@H]1C(=O)N1CC(CO)OC(C)(C)C1. The highest BCUT2D eigenvalue weighted by atomic mass is 16.5. The van der Waals surface area contributed by atoms with E-state index in [9.17, 15) is 9.90 Å². The molecule has 0 aliphatic carbocycles. The third-order valence-corrected chi connectivity index (χ3v) is 3.83. The highest BCUT2D eigenvalue weighted by molar-refractivity contribution is 5.80. The van der Waals surface area contributed by atoms with Crippen LogP contribution >= 0.6 is 0 Å². The second-order valence-electron chi connectivity index (χ2n) is 6.14. The van der Waals surface area contributed by atoms with Gasteiger partial charge in [-0.2, -0.15) is 0 Å². The molecule has 2 heterocycles. The summed E-state index contributed by atoms with van der Waals surface area (Å²) in [5, 5.41) is 12.5. The van der Waals surface area contributed by atoms with Crippen LogP contribution in [0.2, 0.25) is 0 Å². The maximum Gasteiger partial charge on any atom is 0.227 e. The zero-order valence-corrected chi connectivity index (χ0v) is 11.5. The van der Waals surface area contributed by atoms with Crippen molar-refractivity contribution >= 4 is 5.91 Å². The Morgan fingerprint density at radius 1 is 1.50 bits per heavy atom. The van der Waals surface area contributed by atoms with Crippen LogP contribution in [0.15, 0.2) is 0 Å². The van der Waals surface area contributed by atoms with Crippen molar-refractivity contribution in [3.05, 3.63) is 0 Å². The summed E-state index contributed by atoms with van der Waals surface area (Å²) in [6.45, 7) is 8.78. The minimum absolute atomic E-state index is 0.0360. The van der Waals surface area contributed by atoms with E-state index in [2.05, 4.69) is 12.2 Å². The van der Waals surface area contributed by atoms with E-state index >= 15 is 0 Å². The number of nitrogens with zero attached hydrogens (tertiary/aromatic N) is 1. The molecule has 0 aromatic carbocycles. The lowest BCUT2D eigenvalue weighted by Crippen LogP contribution is -2.57. The van der Waals surface area contributed by atoms with Crippen molar-refractivity contribution in [2.45, 2.75) is 32.5 Å². The number of hydrogen-bond donors (Lipinski definition) is 2. The Hall–Kier alpha value is -0.650. The number of aliphatic hydroxyl groups excluding tert-OH is 1. The Bertz CT molecular complexity index is 319. The predicted octanol–water partition coefficient (Wildman–Crippen LogP) is -0.160. The third-order valence-electron chi connectivity index (χ3n) is 3.83. The highest BCUT2D eigenvalue weighted by Gasteiger charge is 2.39. The molecule has 2 aliphatic rings. The van der Waals surface area contributed by atoms with Gasteiger partial charge in [0, 0.05) is 19.6 Å². The summed E-state index contributed by atoms with van der Waals surface area (Å²) in [6.07, 6.45) is -0.262. The zero-order valence-electron chi connectivity index (χ0n) is 11.5. The first-order chi connectivity index (χ1) is 8.43. The number of ether oxygens (including phenoxy) is 1. The summed E-state index contributed by atoms with van der Waals surface area (Å²) >= 11 is 0. The lowest BCUT2D eigenvalue weighted by Gasteiger charge is -2.43. The summed E-state index contributed by atoms with van der Waals surface area (Å²) in [5.74, 6) is 0.650. The number of carbonyl (C=O) groups excluding carboxylic acids is 1. The maximum absolute atomic E-state index is 12.5. The summed E-state index contributed by atoms with van der Waals surface area (Å²) < 4.78 is 5.73. The van der Waals surface area contributed by atoms with Gasteiger partial charge in [-0.1, -0.05) is 6.92 Å². The van der Waals surface area contributed by atoms with E-state index in [1.165, 1.54) is 0 Å². The lowest BCUT2D eigenvalue weighted by atomic mass is 9.95. The van der Waals surface area contributed by atoms with Gasteiger partial charge in [0.25, 0.3) is 0 Å². The van der Waals surface area contributed by atoms with Crippen LogP contribution in [-0.2, 0) is 9.53 Å². The molecule has 104 valence electrons. The molecule has 2 aliphatic heterocycles. The molecule has 5 nitrogen and oxygen atoms in total. The summed E-state index contributed by atoms with van der Waals surface area (Å²) in [6, 6.07) is 0. The molecule has 3 atom stereocenters. The van der Waals surface area contributed by atoms with Crippen LogP contribution in [-0.4, -0.2) is 60.4 Å². The van der Waals surface area contributed by atoms with Gasteiger partial charge in [-0.3, -0.25) is 4.79 Å². The molecular weight excluding hydrogens is 232 g/mol. The van der Waals surface area contributed by atoms with E-state index in [1.54, 1.807) is 0 Å². The Labute approximate surface area is 108 Å². The van der Waals surface area contributed by atoms with Gasteiger partial charge in [-0.15, -0.1) is 0 Å². The fraction of sp³-hybridized carbons (Fsp3) is 0.923. The van der Waals surface area contributed by atoms with E-state index in [0.717, 1.165) is 13.1 Å². The third kappa shape index (κ3) is 2.84. The molecule has 0 saturated carbocycles. The number of morpholine rings is 1. The number of nitrogens with one attached hydrogen (secondary N) is 1. The van der Waals surface area contributed by atoms with Crippen LogP contribution in [0.1, 0.15) is 20.8 Å². The molecule has 2 rings (SSSR count). The Morgan fingerprint density at radius 3 is 2.78 bits per heavy atom. The quantitative estimate of drug-likeness (QED) is 0.721. The van der Waals surface area contributed by atoms with Crippen molar-refractivity contribution in [1.82, 2.24) is 10.2 Å². The van der Waals surface area contributed by atoms with Crippen LogP contribution in [0.25, 0.3) is 0 Å². The maximum atomic E-state index is 12.5. The number of carbonyl (C=O) groups is 1. The fourth-order valence-electron chi connectivity index (χ4n) is 2.93. The molecule has 0 bridgehead atoms. The Kier molecular flexibility index (Phi) is 3.94. The van der Waals surface area contributed by atoms with Crippen LogP contribution in [0.3, 0.4) is 0 Å². The van der Waals surface area contributed by atoms with Gasteiger partial charge in [0.15, 0.2) is 0 Å². The van der Waals surface area contributed by atoms with Crippen LogP contribution < -0.4 is 5.32 Å². The van der Waals surface area contributed by atoms with Gasteiger partial charge >= 0.3 is 0 Å². The second kappa shape index (κ2) is 5.15. The van der Waals surface area contributed by atoms with E-state index in [0.29, 0.717) is 19.0 Å². The Balaban J connectivity index is 2.05. The van der Waals surface area contributed by atoms with Crippen LogP contribution in [0, 0.1) is 11.8 Å². The largest absolute Gasteiger partial charge is 0.394 e. The number of rotatable bonds is 2.